The van der Waals surface area contributed by atoms with Crippen LogP contribution in [0.2, 0.25) is 0 Å². The third kappa shape index (κ3) is 4.69. The Balaban J connectivity index is 3.37. The fourth-order valence-corrected chi connectivity index (χ4v) is 0.192. The van der Waals surface area contributed by atoms with Gasteiger partial charge in [-0.05, 0) is 0 Å². The summed E-state index contributed by atoms with van der Waals surface area (Å²) >= 11 is 0. The standard InChI is InChI=1S/C6H8O3/c1-3-4-5-9-6(7)8-2/h3H2,1-2H3. The number of hydrogen-bond donors (Lipinski definition) is 0. The smallest absolute Gasteiger partial charge is 0.437 e. The van der Waals surface area contributed by atoms with E-state index in [9.17, 15) is 4.79 Å². The number of rotatable bonds is 0. The molecule has 0 saturated heterocycles. The molecule has 0 unspecified atom stereocenters. The molecule has 0 aliphatic carbocycles. The Bertz CT molecular complexity index is 140. The first-order valence-electron chi connectivity index (χ1n) is 2.54. The van der Waals surface area contributed by atoms with Crippen LogP contribution in [0.15, 0.2) is 0 Å². The lowest BCUT2D eigenvalue weighted by Crippen LogP contribution is -1.98. The van der Waals surface area contributed by atoms with E-state index in [4.69, 9.17) is 0 Å². The first-order valence-corrected chi connectivity index (χ1v) is 2.54. The molecule has 0 fully saturated rings. The van der Waals surface area contributed by atoms with Crippen molar-refractivity contribution in [3.05, 3.63) is 0 Å². The highest BCUT2D eigenvalue weighted by molar-refractivity contribution is 5.60. The maximum atomic E-state index is 10.1. The van der Waals surface area contributed by atoms with Crippen LogP contribution in [0, 0.1) is 12.0 Å². The minimum absolute atomic E-state index is 0.664. The number of hydrogen-bond acceptors (Lipinski definition) is 3. The zero-order valence-corrected chi connectivity index (χ0v) is 5.43. The minimum atomic E-state index is -0.768. The van der Waals surface area contributed by atoms with Gasteiger partial charge in [0, 0.05) is 6.42 Å². The Morgan fingerprint density at radius 1 is 1.67 bits per heavy atom. The van der Waals surface area contributed by atoms with E-state index in [-0.39, 0.29) is 0 Å². The topological polar surface area (TPSA) is 35.5 Å². The Morgan fingerprint density at radius 3 is 2.78 bits per heavy atom. The zero-order valence-electron chi connectivity index (χ0n) is 5.43. The van der Waals surface area contributed by atoms with Crippen molar-refractivity contribution in [3.8, 4) is 12.0 Å². The van der Waals surface area contributed by atoms with E-state index in [1.165, 1.54) is 7.11 Å². The van der Waals surface area contributed by atoms with Crippen LogP contribution < -0.4 is 0 Å². The third-order valence-corrected chi connectivity index (χ3v) is 0.550. The van der Waals surface area contributed by atoms with Crippen molar-refractivity contribution >= 4 is 6.16 Å². The molecule has 0 saturated carbocycles. The lowest BCUT2D eigenvalue weighted by molar-refractivity contribution is 0.112. The van der Waals surface area contributed by atoms with Gasteiger partial charge in [-0.15, -0.1) is 0 Å². The predicted octanol–water partition coefficient (Wildman–Crippen LogP) is 1.14. The van der Waals surface area contributed by atoms with Gasteiger partial charge in [-0.3, -0.25) is 0 Å². The van der Waals surface area contributed by atoms with Crippen molar-refractivity contribution in [2.24, 2.45) is 0 Å². The van der Waals surface area contributed by atoms with Crippen molar-refractivity contribution in [1.29, 1.82) is 0 Å². The molecule has 0 amide bonds. The monoisotopic (exact) mass is 128 g/mol. The quantitative estimate of drug-likeness (QED) is 0.362. The lowest BCUT2D eigenvalue weighted by atomic mass is 10.5. The molecule has 0 radical (unpaired) electrons. The fourth-order valence-electron chi connectivity index (χ4n) is 0.192. The highest BCUT2D eigenvalue weighted by Gasteiger charge is 1.93. The molecule has 0 aromatic heterocycles. The van der Waals surface area contributed by atoms with Gasteiger partial charge in [0.2, 0.25) is 0 Å². The van der Waals surface area contributed by atoms with Crippen LogP contribution >= 0.6 is 0 Å². The highest BCUT2D eigenvalue weighted by Crippen LogP contribution is 1.78. The summed E-state index contributed by atoms with van der Waals surface area (Å²) in [5, 5.41) is 0. The Kier molecular flexibility index (Phi) is 4.33. The summed E-state index contributed by atoms with van der Waals surface area (Å²) in [7, 11) is 1.23. The third-order valence-electron chi connectivity index (χ3n) is 0.550. The molecule has 0 aromatic rings. The molecule has 3 heteroatoms. The summed E-state index contributed by atoms with van der Waals surface area (Å²) in [6.07, 6.45) is 2.06. The van der Waals surface area contributed by atoms with Gasteiger partial charge in [0.1, 0.15) is 6.11 Å². The van der Waals surface area contributed by atoms with E-state index < -0.39 is 6.16 Å². The van der Waals surface area contributed by atoms with E-state index >= 15 is 0 Å². The van der Waals surface area contributed by atoms with E-state index in [0.29, 0.717) is 6.42 Å². The first-order chi connectivity index (χ1) is 4.31. The van der Waals surface area contributed by atoms with Gasteiger partial charge < -0.3 is 9.47 Å². The van der Waals surface area contributed by atoms with Crippen LogP contribution in [0.4, 0.5) is 4.79 Å². The summed E-state index contributed by atoms with van der Waals surface area (Å²) in [6.45, 7) is 1.85. The highest BCUT2D eigenvalue weighted by atomic mass is 16.7. The molecule has 0 N–H and O–H groups in total. The molecule has 0 aliphatic rings. The molecular weight excluding hydrogens is 120 g/mol. The van der Waals surface area contributed by atoms with Crippen LogP contribution in [0.5, 0.6) is 0 Å². The first kappa shape index (κ1) is 7.83. The minimum Gasteiger partial charge on any atom is -0.437 e. The van der Waals surface area contributed by atoms with Gasteiger partial charge in [-0.25, -0.2) is 4.79 Å². The van der Waals surface area contributed by atoms with E-state index in [2.05, 4.69) is 21.5 Å². The Labute approximate surface area is 54.0 Å². The predicted molar refractivity (Wildman–Crippen MR) is 31.6 cm³/mol. The van der Waals surface area contributed by atoms with Gasteiger partial charge in [-0.2, -0.15) is 0 Å². The molecule has 0 spiro atoms. The molecule has 3 nitrogen and oxygen atoms in total. The van der Waals surface area contributed by atoms with Gasteiger partial charge in [0.25, 0.3) is 0 Å². The van der Waals surface area contributed by atoms with Gasteiger partial charge >= 0.3 is 6.16 Å². The number of ether oxygens (including phenoxy) is 2. The van der Waals surface area contributed by atoms with E-state index in [0.717, 1.165) is 0 Å². The molecule has 0 rings (SSSR count). The van der Waals surface area contributed by atoms with Crippen LogP contribution in [0.1, 0.15) is 13.3 Å². The van der Waals surface area contributed by atoms with Gasteiger partial charge in [0.15, 0.2) is 0 Å². The molecule has 9 heavy (non-hydrogen) atoms. The second-order valence-corrected chi connectivity index (χ2v) is 1.19. The van der Waals surface area contributed by atoms with Crippen LogP contribution in [0.25, 0.3) is 0 Å². The maximum absolute atomic E-state index is 10.1. The van der Waals surface area contributed by atoms with Crippen molar-refractivity contribution in [2.45, 2.75) is 13.3 Å². The number of methoxy groups -OCH3 is 1. The molecule has 0 aliphatic heterocycles. The molecular formula is C6H8O3. The van der Waals surface area contributed by atoms with E-state index in [1.54, 1.807) is 0 Å². The molecule has 50 valence electrons. The summed E-state index contributed by atoms with van der Waals surface area (Å²) in [6, 6.07) is 0. The van der Waals surface area contributed by atoms with Gasteiger partial charge in [0.05, 0.1) is 7.11 Å². The van der Waals surface area contributed by atoms with Crippen LogP contribution in [0.3, 0.4) is 0 Å². The second kappa shape index (κ2) is 4.98. The number of carbonyl (C=O) groups excluding carboxylic acids is 1. The Hall–Kier alpha value is -1.17. The summed E-state index contributed by atoms with van der Waals surface area (Å²) in [5.41, 5.74) is 0. The SMILES string of the molecule is CCC#COC(=O)OC. The zero-order chi connectivity index (χ0) is 7.11. The second-order valence-electron chi connectivity index (χ2n) is 1.19. The molecule has 0 atom stereocenters. The molecule has 0 heterocycles. The van der Waals surface area contributed by atoms with Crippen LogP contribution in [-0.2, 0) is 9.47 Å². The fraction of sp³-hybridized carbons (Fsp3) is 0.500. The summed E-state index contributed by atoms with van der Waals surface area (Å²) in [5.74, 6) is 2.54. The molecule has 0 bridgehead atoms. The largest absolute Gasteiger partial charge is 0.522 e. The average molecular weight is 128 g/mol. The van der Waals surface area contributed by atoms with Crippen LogP contribution in [-0.4, -0.2) is 13.3 Å². The average Bonchev–Trinajstić information content (AvgIpc) is 1.89. The number of carbonyl (C=O) groups is 1. The van der Waals surface area contributed by atoms with Crippen molar-refractivity contribution in [3.63, 3.8) is 0 Å². The summed E-state index contributed by atoms with van der Waals surface area (Å²) in [4.78, 5) is 10.1. The maximum Gasteiger partial charge on any atom is 0.522 e. The van der Waals surface area contributed by atoms with Crippen molar-refractivity contribution < 1.29 is 14.3 Å². The van der Waals surface area contributed by atoms with Gasteiger partial charge in [-0.1, -0.05) is 12.8 Å². The van der Waals surface area contributed by atoms with Crippen molar-refractivity contribution in [2.75, 3.05) is 7.11 Å². The Morgan fingerprint density at radius 2 is 2.33 bits per heavy atom. The lowest BCUT2D eigenvalue weighted by Gasteiger charge is -1.88. The summed E-state index contributed by atoms with van der Waals surface area (Å²) < 4.78 is 8.34. The van der Waals surface area contributed by atoms with E-state index in [1.807, 2.05) is 6.92 Å². The molecule has 0 aromatic carbocycles. The van der Waals surface area contributed by atoms with Crippen molar-refractivity contribution in [1.82, 2.24) is 0 Å². The normalized spacial score (nSPS) is 6.89.